The maximum absolute atomic E-state index is 5.47. The minimum Gasteiger partial charge on any atom is -0.355 e. The lowest BCUT2D eigenvalue weighted by Crippen LogP contribution is -2.37. The topological polar surface area (TPSA) is 30.5 Å². The Balaban J connectivity index is 1.41. The normalized spacial score (nSPS) is 27.9. The number of hydrogen-bond donors (Lipinski definition) is 1. The third-order valence-corrected chi connectivity index (χ3v) is 2.95. The second-order valence-corrected chi connectivity index (χ2v) is 4.45. The van der Waals surface area contributed by atoms with Gasteiger partial charge in [0.25, 0.3) is 0 Å². The van der Waals surface area contributed by atoms with Gasteiger partial charge in [-0.2, -0.15) is 0 Å². The molecule has 1 aliphatic heterocycles. The summed E-state index contributed by atoms with van der Waals surface area (Å²) in [6.07, 6.45) is 6.61. The summed E-state index contributed by atoms with van der Waals surface area (Å²) in [4.78, 5) is 0. The van der Waals surface area contributed by atoms with Crippen molar-refractivity contribution < 1.29 is 9.47 Å². The van der Waals surface area contributed by atoms with Crippen LogP contribution in [0.25, 0.3) is 0 Å². The number of ether oxygens (including phenoxy) is 2. The predicted octanol–water partition coefficient (Wildman–Crippen LogP) is 1.53. The van der Waals surface area contributed by atoms with Gasteiger partial charge < -0.3 is 14.8 Å². The van der Waals surface area contributed by atoms with Crippen molar-refractivity contribution in [3.8, 4) is 0 Å². The summed E-state index contributed by atoms with van der Waals surface area (Å²) in [6.45, 7) is 3.34. The Morgan fingerprint density at radius 2 is 1.86 bits per heavy atom. The molecule has 3 nitrogen and oxygen atoms in total. The molecular weight excluding hydrogens is 178 g/mol. The molecule has 1 saturated carbocycles. The lowest BCUT2D eigenvalue weighted by molar-refractivity contribution is -0.0644. The fourth-order valence-electron chi connectivity index (χ4n) is 1.81. The van der Waals surface area contributed by atoms with Gasteiger partial charge in [0.15, 0.2) is 0 Å². The van der Waals surface area contributed by atoms with E-state index in [0.29, 0.717) is 12.8 Å². The molecule has 1 aliphatic carbocycles. The van der Waals surface area contributed by atoms with Crippen LogP contribution in [0, 0.1) is 5.92 Å². The maximum atomic E-state index is 5.47. The fraction of sp³-hybridized carbons (Fsp3) is 1.00. The molecule has 2 aliphatic rings. The van der Waals surface area contributed by atoms with Crippen LogP contribution >= 0.6 is 0 Å². The first-order valence-corrected chi connectivity index (χ1v) is 5.84. The predicted molar refractivity (Wildman–Crippen MR) is 55.1 cm³/mol. The van der Waals surface area contributed by atoms with E-state index in [2.05, 4.69) is 5.32 Å². The van der Waals surface area contributed by atoms with E-state index in [4.69, 9.17) is 9.47 Å². The second-order valence-electron chi connectivity index (χ2n) is 4.45. The second kappa shape index (κ2) is 5.69. The summed E-state index contributed by atoms with van der Waals surface area (Å²) < 4.78 is 10.9. The minimum absolute atomic E-state index is 0.481. The lowest BCUT2D eigenvalue weighted by Gasteiger charge is -2.23. The standard InChI is InChI=1S/C11H21NO2/c1-2-6-12-11(3-1)8-14-9-13-7-10-4-5-10/h10-12H,1-9H2. The molecular formula is C11H21NO2. The first-order chi connectivity index (χ1) is 6.95. The van der Waals surface area contributed by atoms with E-state index in [-0.39, 0.29) is 0 Å². The number of rotatable bonds is 6. The van der Waals surface area contributed by atoms with Gasteiger partial charge in [-0.05, 0) is 38.1 Å². The van der Waals surface area contributed by atoms with Crippen LogP contribution in [0.4, 0.5) is 0 Å². The van der Waals surface area contributed by atoms with Crippen LogP contribution < -0.4 is 5.32 Å². The van der Waals surface area contributed by atoms with Gasteiger partial charge >= 0.3 is 0 Å². The molecule has 1 N–H and O–H groups in total. The Labute approximate surface area is 86.2 Å². The highest BCUT2D eigenvalue weighted by Crippen LogP contribution is 2.28. The smallest absolute Gasteiger partial charge is 0.146 e. The Morgan fingerprint density at radius 1 is 1.00 bits per heavy atom. The highest BCUT2D eigenvalue weighted by atomic mass is 16.7. The average Bonchev–Trinajstić information content (AvgIpc) is 3.03. The van der Waals surface area contributed by atoms with Gasteiger partial charge in [0, 0.05) is 6.04 Å². The van der Waals surface area contributed by atoms with E-state index < -0.39 is 0 Å². The zero-order valence-electron chi connectivity index (χ0n) is 8.84. The van der Waals surface area contributed by atoms with Crippen LogP contribution in [-0.2, 0) is 9.47 Å². The molecule has 0 bridgehead atoms. The summed E-state index contributed by atoms with van der Waals surface area (Å²) in [5.41, 5.74) is 0. The van der Waals surface area contributed by atoms with Crippen molar-refractivity contribution in [3.05, 3.63) is 0 Å². The molecule has 0 aromatic rings. The van der Waals surface area contributed by atoms with Gasteiger partial charge in [-0.15, -0.1) is 0 Å². The van der Waals surface area contributed by atoms with E-state index in [1.165, 1.54) is 32.1 Å². The van der Waals surface area contributed by atoms with Crippen molar-refractivity contribution in [2.75, 3.05) is 26.6 Å². The van der Waals surface area contributed by atoms with E-state index in [1.54, 1.807) is 0 Å². The van der Waals surface area contributed by atoms with E-state index in [0.717, 1.165) is 25.7 Å². The van der Waals surface area contributed by atoms with Gasteiger partial charge in [0.2, 0.25) is 0 Å². The summed E-state index contributed by atoms with van der Waals surface area (Å²) in [6, 6.07) is 0.563. The summed E-state index contributed by atoms with van der Waals surface area (Å²) >= 11 is 0. The molecule has 0 radical (unpaired) electrons. The Bertz CT molecular complexity index is 153. The van der Waals surface area contributed by atoms with Crippen LogP contribution in [-0.4, -0.2) is 32.6 Å². The van der Waals surface area contributed by atoms with E-state index in [1.807, 2.05) is 0 Å². The molecule has 1 atom stereocenters. The van der Waals surface area contributed by atoms with Gasteiger partial charge in [0.1, 0.15) is 6.79 Å². The zero-order valence-corrected chi connectivity index (χ0v) is 8.84. The molecule has 0 aromatic carbocycles. The van der Waals surface area contributed by atoms with Crippen molar-refractivity contribution in [2.24, 2.45) is 5.92 Å². The molecule has 82 valence electrons. The van der Waals surface area contributed by atoms with Crippen LogP contribution in [0.2, 0.25) is 0 Å². The number of piperidine rings is 1. The fourth-order valence-corrected chi connectivity index (χ4v) is 1.81. The quantitative estimate of drug-likeness (QED) is 0.520. The molecule has 14 heavy (non-hydrogen) atoms. The number of nitrogens with one attached hydrogen (secondary N) is 1. The SMILES string of the molecule is C1CCC(COCOCC2CC2)NC1. The van der Waals surface area contributed by atoms with Gasteiger partial charge in [-0.1, -0.05) is 6.42 Å². The van der Waals surface area contributed by atoms with Crippen LogP contribution in [0.3, 0.4) is 0 Å². The Morgan fingerprint density at radius 3 is 2.57 bits per heavy atom. The Hall–Kier alpha value is -0.120. The molecule has 1 unspecified atom stereocenters. The zero-order chi connectivity index (χ0) is 9.64. The molecule has 0 aromatic heterocycles. The molecule has 0 amide bonds. The summed E-state index contributed by atoms with van der Waals surface area (Å²) in [5, 5.41) is 3.45. The third kappa shape index (κ3) is 3.95. The average molecular weight is 199 g/mol. The summed E-state index contributed by atoms with van der Waals surface area (Å²) in [7, 11) is 0. The molecule has 0 spiro atoms. The van der Waals surface area contributed by atoms with Gasteiger partial charge in [0.05, 0.1) is 13.2 Å². The van der Waals surface area contributed by atoms with E-state index >= 15 is 0 Å². The maximum Gasteiger partial charge on any atom is 0.146 e. The van der Waals surface area contributed by atoms with Crippen molar-refractivity contribution in [1.82, 2.24) is 5.32 Å². The third-order valence-electron chi connectivity index (χ3n) is 2.95. The molecule has 2 fully saturated rings. The first kappa shape index (κ1) is 10.4. The molecule has 3 heteroatoms. The molecule has 1 heterocycles. The first-order valence-electron chi connectivity index (χ1n) is 5.84. The van der Waals surface area contributed by atoms with Crippen LogP contribution in [0.1, 0.15) is 32.1 Å². The van der Waals surface area contributed by atoms with Gasteiger partial charge in [-0.3, -0.25) is 0 Å². The lowest BCUT2D eigenvalue weighted by atomic mass is 10.1. The van der Waals surface area contributed by atoms with Gasteiger partial charge in [-0.25, -0.2) is 0 Å². The monoisotopic (exact) mass is 199 g/mol. The van der Waals surface area contributed by atoms with Crippen molar-refractivity contribution in [1.29, 1.82) is 0 Å². The minimum atomic E-state index is 0.481. The molecule has 1 saturated heterocycles. The van der Waals surface area contributed by atoms with Crippen molar-refractivity contribution in [3.63, 3.8) is 0 Å². The number of hydrogen-bond acceptors (Lipinski definition) is 3. The Kier molecular flexibility index (Phi) is 4.22. The van der Waals surface area contributed by atoms with Crippen molar-refractivity contribution in [2.45, 2.75) is 38.1 Å². The van der Waals surface area contributed by atoms with E-state index in [9.17, 15) is 0 Å². The van der Waals surface area contributed by atoms with Crippen LogP contribution in [0.5, 0.6) is 0 Å². The summed E-state index contributed by atoms with van der Waals surface area (Å²) in [5.74, 6) is 0.839. The highest BCUT2D eigenvalue weighted by molar-refractivity contribution is 4.72. The largest absolute Gasteiger partial charge is 0.355 e. The highest BCUT2D eigenvalue weighted by Gasteiger charge is 2.21. The van der Waals surface area contributed by atoms with Crippen molar-refractivity contribution >= 4 is 0 Å². The molecule has 2 rings (SSSR count). The van der Waals surface area contributed by atoms with Crippen LogP contribution in [0.15, 0.2) is 0 Å².